The van der Waals surface area contributed by atoms with Gasteiger partial charge in [0.1, 0.15) is 6.61 Å². The molecule has 1 fully saturated rings. The summed E-state index contributed by atoms with van der Waals surface area (Å²) in [6, 6.07) is 10.0. The van der Waals surface area contributed by atoms with Crippen LogP contribution in [0.3, 0.4) is 0 Å². The van der Waals surface area contributed by atoms with Crippen LogP contribution in [-0.4, -0.2) is 67.1 Å². The maximum atomic E-state index is 13.1. The number of aromatic nitrogens is 2. The molecule has 0 saturated carbocycles. The van der Waals surface area contributed by atoms with E-state index < -0.39 is 0 Å². The third-order valence-corrected chi connectivity index (χ3v) is 4.57. The Morgan fingerprint density at radius 1 is 1.31 bits per heavy atom. The zero-order valence-electron chi connectivity index (χ0n) is 15.4. The van der Waals surface area contributed by atoms with Crippen molar-refractivity contribution in [3.63, 3.8) is 0 Å². The first kappa shape index (κ1) is 18.4. The van der Waals surface area contributed by atoms with E-state index in [1.165, 1.54) is 0 Å². The molecule has 0 radical (unpaired) electrons. The molecule has 1 amide bonds. The van der Waals surface area contributed by atoms with Crippen molar-refractivity contribution < 1.29 is 14.3 Å². The van der Waals surface area contributed by atoms with E-state index in [0.29, 0.717) is 37.2 Å². The highest BCUT2D eigenvalue weighted by molar-refractivity contribution is 5.95. The number of carbonyl (C=O) groups excluding carboxylic acids is 1. The zero-order valence-corrected chi connectivity index (χ0v) is 15.4. The van der Waals surface area contributed by atoms with Crippen LogP contribution in [0.15, 0.2) is 36.5 Å². The Morgan fingerprint density at radius 3 is 2.85 bits per heavy atom. The second-order valence-electron chi connectivity index (χ2n) is 6.34. The largest absolute Gasteiger partial charge is 0.487 e. The number of nitrogens with one attached hydrogen (secondary N) is 1. The van der Waals surface area contributed by atoms with E-state index in [-0.39, 0.29) is 5.91 Å². The minimum Gasteiger partial charge on any atom is -0.487 e. The molecule has 3 rings (SSSR count). The molecule has 1 aromatic heterocycles. The molecule has 2 heterocycles. The van der Waals surface area contributed by atoms with Crippen LogP contribution in [0.1, 0.15) is 23.3 Å². The van der Waals surface area contributed by atoms with Gasteiger partial charge in [0.05, 0.1) is 18.5 Å². The van der Waals surface area contributed by atoms with Crippen molar-refractivity contribution in [2.75, 3.05) is 40.5 Å². The predicted octanol–water partition coefficient (Wildman–Crippen LogP) is 1.72. The summed E-state index contributed by atoms with van der Waals surface area (Å²) in [6.07, 6.45) is 3.82. The smallest absolute Gasteiger partial charge is 0.278 e. The van der Waals surface area contributed by atoms with Crippen molar-refractivity contribution in [2.24, 2.45) is 0 Å². The molecule has 1 saturated heterocycles. The highest BCUT2D eigenvalue weighted by Crippen LogP contribution is 2.23. The number of carbonyl (C=O) groups is 1. The summed E-state index contributed by atoms with van der Waals surface area (Å²) >= 11 is 0. The van der Waals surface area contributed by atoms with Crippen molar-refractivity contribution in [2.45, 2.75) is 18.9 Å². The van der Waals surface area contributed by atoms with Crippen LogP contribution in [-0.2, 0) is 4.74 Å². The van der Waals surface area contributed by atoms with Crippen LogP contribution in [0.5, 0.6) is 5.75 Å². The fraction of sp³-hybridized carbons (Fsp3) is 0.474. The van der Waals surface area contributed by atoms with E-state index in [2.05, 4.69) is 10.4 Å². The maximum absolute atomic E-state index is 13.1. The van der Waals surface area contributed by atoms with Gasteiger partial charge in [0.25, 0.3) is 5.91 Å². The van der Waals surface area contributed by atoms with E-state index in [4.69, 9.17) is 9.47 Å². The highest BCUT2D eigenvalue weighted by atomic mass is 16.5. The maximum Gasteiger partial charge on any atom is 0.278 e. The van der Waals surface area contributed by atoms with Gasteiger partial charge in [-0.3, -0.25) is 4.79 Å². The summed E-state index contributed by atoms with van der Waals surface area (Å²) in [4.78, 5) is 14.9. The minimum atomic E-state index is -0.0907. The Bertz CT molecular complexity index is 717. The van der Waals surface area contributed by atoms with Crippen LogP contribution >= 0.6 is 0 Å². The van der Waals surface area contributed by atoms with E-state index in [1.54, 1.807) is 18.0 Å². The SMILES string of the molecule is CNC1CCCN(C(=O)c2nn(-c3ccccc3)cc2OCCOC)C1. The number of para-hydroxylation sites is 1. The van der Waals surface area contributed by atoms with Gasteiger partial charge >= 0.3 is 0 Å². The molecule has 0 spiro atoms. The Hall–Kier alpha value is -2.38. The third-order valence-electron chi connectivity index (χ3n) is 4.57. The average Bonchev–Trinajstić information content (AvgIpc) is 3.12. The lowest BCUT2D eigenvalue weighted by Gasteiger charge is -2.32. The summed E-state index contributed by atoms with van der Waals surface area (Å²) in [6.45, 7) is 2.25. The third kappa shape index (κ3) is 4.23. The van der Waals surface area contributed by atoms with E-state index in [0.717, 1.165) is 25.1 Å². The first-order valence-corrected chi connectivity index (χ1v) is 8.96. The molecule has 26 heavy (non-hydrogen) atoms. The number of methoxy groups -OCH3 is 1. The van der Waals surface area contributed by atoms with E-state index in [9.17, 15) is 4.79 Å². The minimum absolute atomic E-state index is 0.0907. The number of ether oxygens (including phenoxy) is 2. The first-order valence-electron chi connectivity index (χ1n) is 8.96. The predicted molar refractivity (Wildman–Crippen MR) is 98.9 cm³/mol. The van der Waals surface area contributed by atoms with Gasteiger partial charge in [-0.25, -0.2) is 4.68 Å². The van der Waals surface area contributed by atoms with E-state index >= 15 is 0 Å². The molecule has 1 atom stereocenters. The number of benzene rings is 1. The molecule has 0 bridgehead atoms. The van der Waals surface area contributed by atoms with Crippen molar-refractivity contribution in [3.8, 4) is 11.4 Å². The van der Waals surface area contributed by atoms with Gasteiger partial charge in [-0.05, 0) is 32.0 Å². The summed E-state index contributed by atoms with van der Waals surface area (Å²) in [5.74, 6) is 0.398. The van der Waals surface area contributed by atoms with Crippen molar-refractivity contribution in [1.29, 1.82) is 0 Å². The fourth-order valence-corrected chi connectivity index (χ4v) is 3.11. The van der Waals surface area contributed by atoms with Gasteiger partial charge in [-0.1, -0.05) is 18.2 Å². The second-order valence-corrected chi connectivity index (χ2v) is 6.34. The topological polar surface area (TPSA) is 68.6 Å². The Labute approximate surface area is 153 Å². The van der Waals surface area contributed by atoms with Crippen molar-refractivity contribution in [1.82, 2.24) is 20.0 Å². The fourth-order valence-electron chi connectivity index (χ4n) is 3.11. The molecular weight excluding hydrogens is 332 g/mol. The number of hydrogen-bond donors (Lipinski definition) is 1. The van der Waals surface area contributed by atoms with E-state index in [1.807, 2.05) is 42.3 Å². The number of nitrogens with zero attached hydrogens (tertiary/aromatic N) is 3. The molecule has 0 aliphatic carbocycles. The van der Waals surface area contributed by atoms with Gasteiger partial charge < -0.3 is 19.7 Å². The molecule has 1 aromatic carbocycles. The number of rotatable bonds is 7. The van der Waals surface area contributed by atoms with Crippen molar-refractivity contribution >= 4 is 5.91 Å². The summed E-state index contributed by atoms with van der Waals surface area (Å²) < 4.78 is 12.5. The number of hydrogen-bond acceptors (Lipinski definition) is 5. The normalized spacial score (nSPS) is 17.3. The standard InChI is InChI=1S/C19H26N4O3/c1-20-15-7-6-10-22(13-15)19(24)18-17(26-12-11-25-2)14-23(21-18)16-8-4-3-5-9-16/h3-5,8-9,14-15,20H,6-7,10-13H2,1-2H3. The van der Waals surface area contributed by atoms with Gasteiger partial charge in [-0.15, -0.1) is 0 Å². The molecule has 1 N–H and O–H groups in total. The average molecular weight is 358 g/mol. The molecular formula is C19H26N4O3. The van der Waals surface area contributed by atoms with Crippen LogP contribution in [0.25, 0.3) is 5.69 Å². The molecule has 2 aromatic rings. The van der Waals surface area contributed by atoms with Gasteiger partial charge in [0.2, 0.25) is 0 Å². The number of likely N-dealkylation sites (N-methyl/N-ethyl adjacent to an activating group) is 1. The van der Waals surface area contributed by atoms with Crippen molar-refractivity contribution in [3.05, 3.63) is 42.2 Å². The summed E-state index contributed by atoms with van der Waals surface area (Å²) in [5.41, 5.74) is 1.23. The molecule has 1 aliphatic rings. The van der Waals surface area contributed by atoms with Gasteiger partial charge in [0.15, 0.2) is 11.4 Å². The van der Waals surface area contributed by atoms with Gasteiger partial charge in [-0.2, -0.15) is 5.10 Å². The number of amides is 1. The first-order chi connectivity index (χ1) is 12.7. The molecule has 1 aliphatic heterocycles. The molecule has 7 nitrogen and oxygen atoms in total. The quantitative estimate of drug-likeness (QED) is 0.764. The highest BCUT2D eigenvalue weighted by Gasteiger charge is 2.28. The summed E-state index contributed by atoms with van der Waals surface area (Å²) in [7, 11) is 3.55. The van der Waals surface area contributed by atoms with Crippen LogP contribution in [0.2, 0.25) is 0 Å². The Balaban J connectivity index is 1.85. The lowest BCUT2D eigenvalue weighted by Crippen LogP contribution is -2.47. The Morgan fingerprint density at radius 2 is 2.12 bits per heavy atom. The van der Waals surface area contributed by atoms with Gasteiger partial charge in [0, 0.05) is 26.2 Å². The monoisotopic (exact) mass is 358 g/mol. The number of likely N-dealkylation sites (tertiary alicyclic amines) is 1. The molecule has 1 unspecified atom stereocenters. The van der Waals surface area contributed by atoms with Crippen LogP contribution in [0.4, 0.5) is 0 Å². The van der Waals surface area contributed by atoms with Crippen LogP contribution < -0.4 is 10.1 Å². The summed E-state index contributed by atoms with van der Waals surface area (Å²) in [5, 5.41) is 7.78. The van der Waals surface area contributed by atoms with Crippen LogP contribution in [0, 0.1) is 0 Å². The lowest BCUT2D eigenvalue weighted by atomic mass is 10.1. The zero-order chi connectivity index (χ0) is 18.4. The second kappa shape index (κ2) is 8.82. The Kier molecular flexibility index (Phi) is 6.25. The molecule has 7 heteroatoms. The number of piperidine rings is 1. The lowest BCUT2D eigenvalue weighted by molar-refractivity contribution is 0.0685. The molecule has 140 valence electrons.